The van der Waals surface area contributed by atoms with Gasteiger partial charge in [-0.15, -0.1) is 0 Å². The second kappa shape index (κ2) is 18.6. The van der Waals surface area contributed by atoms with Gasteiger partial charge in [-0.2, -0.15) is 0 Å². The van der Waals surface area contributed by atoms with Crippen LogP contribution in [0.5, 0.6) is 0 Å². The van der Waals surface area contributed by atoms with Crippen molar-refractivity contribution in [3.05, 3.63) is 0 Å². The minimum absolute atomic E-state index is 0.0942. The van der Waals surface area contributed by atoms with Crippen molar-refractivity contribution in [1.82, 2.24) is 0 Å². The van der Waals surface area contributed by atoms with E-state index in [1.54, 1.807) is 0 Å². The lowest BCUT2D eigenvalue weighted by atomic mass is 10.1. The molecule has 0 saturated heterocycles. The molecule has 0 aromatic rings. The molecule has 7 nitrogen and oxygen atoms in total. The molecule has 0 bridgehead atoms. The first-order valence-corrected chi connectivity index (χ1v) is 13.3. The van der Waals surface area contributed by atoms with E-state index in [1.807, 2.05) is 21.1 Å². The Morgan fingerprint density at radius 2 is 1.27 bits per heavy atom. The van der Waals surface area contributed by atoms with Gasteiger partial charge in [0.2, 0.25) is 0 Å². The van der Waals surface area contributed by atoms with Crippen molar-refractivity contribution in [2.45, 2.75) is 90.1 Å². The van der Waals surface area contributed by atoms with Crippen molar-refractivity contribution in [3.8, 4) is 0 Å². The lowest BCUT2D eigenvalue weighted by Gasteiger charge is -2.24. The lowest BCUT2D eigenvalue weighted by molar-refractivity contribution is -0.870. The van der Waals surface area contributed by atoms with Crippen molar-refractivity contribution >= 4 is 7.82 Å². The van der Waals surface area contributed by atoms with Crippen LogP contribution in [0.25, 0.3) is 0 Å². The topological polar surface area (TPSA) is 85.2 Å². The van der Waals surface area contributed by atoms with Gasteiger partial charge in [0.1, 0.15) is 19.3 Å². The van der Waals surface area contributed by atoms with Gasteiger partial charge in [0.05, 0.1) is 34.4 Å². The van der Waals surface area contributed by atoms with Crippen molar-refractivity contribution in [3.63, 3.8) is 0 Å². The highest BCUT2D eigenvalue weighted by molar-refractivity contribution is 7.47. The van der Waals surface area contributed by atoms with Crippen LogP contribution >= 0.6 is 7.82 Å². The van der Waals surface area contributed by atoms with Crippen LogP contribution in [0.3, 0.4) is 0 Å². The van der Waals surface area contributed by atoms with E-state index in [1.165, 1.54) is 64.2 Å². The molecule has 0 aliphatic heterocycles. The van der Waals surface area contributed by atoms with E-state index in [0.717, 1.165) is 12.8 Å². The molecular formula is C22H49NO6P+. The summed E-state index contributed by atoms with van der Waals surface area (Å²) in [6.07, 6.45) is 14.6. The Balaban J connectivity index is 3.44. The fourth-order valence-electron chi connectivity index (χ4n) is 2.96. The molecule has 0 radical (unpaired) electrons. The standard InChI is InChI=1S/C22H48NO6P/c1-5-6-7-8-9-10-11-12-13-14-15-16-18-27-20-22(24)21-29-30(25,26)28-19-17-23(2,3)4/h22,24H,5-21H2,1-4H3/p+1. The van der Waals surface area contributed by atoms with Crippen LogP contribution in [-0.2, 0) is 18.3 Å². The molecule has 0 aliphatic carbocycles. The van der Waals surface area contributed by atoms with Crippen molar-refractivity contribution in [2.24, 2.45) is 0 Å². The van der Waals surface area contributed by atoms with E-state index < -0.39 is 13.9 Å². The molecule has 0 heterocycles. The zero-order chi connectivity index (χ0) is 22.7. The molecule has 2 N–H and O–H groups in total. The van der Waals surface area contributed by atoms with E-state index in [2.05, 4.69) is 6.92 Å². The molecule has 0 fully saturated rings. The second-order valence-electron chi connectivity index (χ2n) is 9.23. The Morgan fingerprint density at radius 1 is 0.767 bits per heavy atom. The number of hydrogen-bond acceptors (Lipinski definition) is 5. The maximum atomic E-state index is 11.8. The maximum Gasteiger partial charge on any atom is 0.472 e. The van der Waals surface area contributed by atoms with Crippen molar-refractivity contribution < 1.29 is 32.8 Å². The monoisotopic (exact) mass is 454 g/mol. The van der Waals surface area contributed by atoms with E-state index >= 15 is 0 Å². The molecule has 0 aromatic carbocycles. The van der Waals surface area contributed by atoms with Crippen molar-refractivity contribution in [1.29, 1.82) is 0 Å². The quantitative estimate of drug-likeness (QED) is 0.137. The maximum absolute atomic E-state index is 11.8. The number of nitrogens with zero attached hydrogens (tertiary/aromatic N) is 1. The number of ether oxygens (including phenoxy) is 1. The first kappa shape index (κ1) is 30.0. The predicted molar refractivity (Wildman–Crippen MR) is 123 cm³/mol. The van der Waals surface area contributed by atoms with Crippen LogP contribution in [0.4, 0.5) is 0 Å². The SMILES string of the molecule is CCCCCCCCCCCCCCOCC(O)COP(=O)(O)OCC[N+](C)(C)C. The van der Waals surface area contributed by atoms with Crippen LogP contribution in [0.15, 0.2) is 0 Å². The largest absolute Gasteiger partial charge is 0.472 e. The number of rotatable bonds is 22. The molecule has 0 aliphatic rings. The van der Waals surface area contributed by atoms with Crippen LogP contribution in [0.1, 0.15) is 84.0 Å². The molecule has 2 unspecified atom stereocenters. The number of quaternary nitrogens is 1. The number of aliphatic hydroxyl groups is 1. The smallest absolute Gasteiger partial charge is 0.388 e. The zero-order valence-corrected chi connectivity index (χ0v) is 20.9. The fraction of sp³-hybridized carbons (Fsp3) is 1.00. The van der Waals surface area contributed by atoms with Crippen LogP contribution in [0, 0.1) is 0 Å². The van der Waals surface area contributed by atoms with Gasteiger partial charge in [-0.3, -0.25) is 9.05 Å². The number of aliphatic hydroxyl groups excluding tert-OH is 1. The summed E-state index contributed by atoms with van der Waals surface area (Å²) in [6, 6.07) is 0. The highest BCUT2D eigenvalue weighted by Gasteiger charge is 2.24. The summed E-state index contributed by atoms with van der Waals surface area (Å²) in [7, 11) is 1.76. The van der Waals surface area contributed by atoms with E-state index in [-0.39, 0.29) is 19.8 Å². The molecule has 30 heavy (non-hydrogen) atoms. The summed E-state index contributed by atoms with van der Waals surface area (Å²) in [5.74, 6) is 0. The second-order valence-corrected chi connectivity index (χ2v) is 10.7. The third kappa shape index (κ3) is 22.7. The molecular weight excluding hydrogens is 405 g/mol. The number of hydrogen-bond donors (Lipinski definition) is 2. The molecule has 0 amide bonds. The average molecular weight is 455 g/mol. The number of phosphoric acid groups is 1. The summed E-state index contributed by atoms with van der Waals surface area (Å²) in [6.45, 7) is 3.35. The minimum Gasteiger partial charge on any atom is -0.388 e. The van der Waals surface area contributed by atoms with Crippen LogP contribution in [-0.4, -0.2) is 74.7 Å². The molecule has 2 atom stereocenters. The van der Waals surface area contributed by atoms with Gasteiger partial charge >= 0.3 is 7.82 Å². The van der Waals surface area contributed by atoms with Crippen LogP contribution in [0.2, 0.25) is 0 Å². The Bertz CT molecular complexity index is 430. The predicted octanol–water partition coefficient (Wildman–Crippen LogP) is 4.90. The summed E-state index contributed by atoms with van der Waals surface area (Å²) in [4.78, 5) is 9.61. The average Bonchev–Trinajstić information content (AvgIpc) is 2.65. The van der Waals surface area contributed by atoms with Gasteiger partial charge in [-0.05, 0) is 6.42 Å². The van der Waals surface area contributed by atoms with Crippen LogP contribution < -0.4 is 0 Å². The van der Waals surface area contributed by atoms with Gasteiger partial charge < -0.3 is 19.2 Å². The van der Waals surface area contributed by atoms with Gasteiger partial charge in [0, 0.05) is 6.61 Å². The highest BCUT2D eigenvalue weighted by atomic mass is 31.2. The Kier molecular flexibility index (Phi) is 18.5. The zero-order valence-electron chi connectivity index (χ0n) is 20.0. The molecule has 0 aromatic heterocycles. The number of phosphoric ester groups is 1. The van der Waals surface area contributed by atoms with E-state index in [0.29, 0.717) is 17.6 Å². The molecule has 0 saturated carbocycles. The first-order valence-electron chi connectivity index (χ1n) is 11.8. The van der Waals surface area contributed by atoms with Crippen molar-refractivity contribution in [2.75, 3.05) is 54.1 Å². The third-order valence-corrected chi connectivity index (χ3v) is 5.88. The summed E-state index contributed by atoms with van der Waals surface area (Å²) < 4.78 is 27.5. The van der Waals surface area contributed by atoms with Gasteiger partial charge in [-0.25, -0.2) is 4.57 Å². The van der Waals surface area contributed by atoms with Gasteiger partial charge in [0.25, 0.3) is 0 Å². The number of likely N-dealkylation sites (N-methyl/N-ethyl adjacent to an activating group) is 1. The fourth-order valence-corrected chi connectivity index (χ4v) is 3.71. The van der Waals surface area contributed by atoms with E-state index in [4.69, 9.17) is 13.8 Å². The Morgan fingerprint density at radius 3 is 1.77 bits per heavy atom. The Labute approximate surface area is 185 Å². The Hall–Kier alpha value is -0.0100. The summed E-state index contributed by atoms with van der Waals surface area (Å²) in [5, 5.41) is 9.82. The lowest BCUT2D eigenvalue weighted by Crippen LogP contribution is -2.37. The van der Waals surface area contributed by atoms with Gasteiger partial charge in [-0.1, -0.05) is 77.6 Å². The number of unbranched alkanes of at least 4 members (excludes halogenated alkanes) is 11. The summed E-state index contributed by atoms with van der Waals surface area (Å²) >= 11 is 0. The summed E-state index contributed by atoms with van der Waals surface area (Å²) in [5.41, 5.74) is 0. The normalized spacial score (nSPS) is 15.3. The van der Waals surface area contributed by atoms with Gasteiger partial charge in [0.15, 0.2) is 0 Å². The third-order valence-electron chi connectivity index (χ3n) is 4.90. The first-order chi connectivity index (χ1) is 14.2. The molecule has 182 valence electrons. The highest BCUT2D eigenvalue weighted by Crippen LogP contribution is 2.43. The molecule has 8 heteroatoms. The minimum atomic E-state index is -4.13. The molecule has 0 rings (SSSR count). The molecule has 0 spiro atoms. The van der Waals surface area contributed by atoms with E-state index in [9.17, 15) is 14.6 Å².